The van der Waals surface area contributed by atoms with Crippen LogP contribution in [0.3, 0.4) is 0 Å². The Labute approximate surface area is 120 Å². The lowest BCUT2D eigenvalue weighted by molar-refractivity contribution is -0.384. The lowest BCUT2D eigenvalue weighted by atomic mass is 10.3. The molecule has 1 aromatic carbocycles. The van der Waals surface area contributed by atoms with Crippen molar-refractivity contribution in [3.8, 4) is 0 Å². The summed E-state index contributed by atoms with van der Waals surface area (Å²) in [7, 11) is -2.54. The molecule has 114 valence electrons. The van der Waals surface area contributed by atoms with Crippen molar-refractivity contribution in [2.24, 2.45) is 0 Å². The molecule has 0 N–H and O–H groups in total. The van der Waals surface area contributed by atoms with Crippen molar-refractivity contribution < 1.29 is 27.1 Å². The zero-order chi connectivity index (χ0) is 15.6. The first-order chi connectivity index (χ1) is 9.79. The minimum Gasteiger partial charge on any atom is -0.442 e. The van der Waals surface area contributed by atoms with E-state index in [9.17, 15) is 23.3 Å². The molecule has 1 heterocycles. The van der Waals surface area contributed by atoms with Crippen LogP contribution in [-0.4, -0.2) is 50.6 Å². The molecule has 1 fully saturated rings. The minimum atomic E-state index is -4.06. The maximum atomic E-state index is 11.9. The number of ether oxygens (including phenoxy) is 1. The SMILES string of the molecule is CN1CC(COS(=O)(=O)c2ccc([N+](=O)[O-])cc2)OC1=O. The van der Waals surface area contributed by atoms with Gasteiger partial charge in [0.05, 0.1) is 16.4 Å². The van der Waals surface area contributed by atoms with Crippen molar-refractivity contribution >= 4 is 21.9 Å². The van der Waals surface area contributed by atoms with Gasteiger partial charge in [0.1, 0.15) is 12.7 Å². The Hall–Kier alpha value is -2.20. The molecule has 1 aliphatic heterocycles. The zero-order valence-corrected chi connectivity index (χ0v) is 11.8. The number of nitro benzene ring substituents is 1. The number of non-ortho nitro benzene ring substituents is 1. The summed E-state index contributed by atoms with van der Waals surface area (Å²) in [5, 5.41) is 10.5. The van der Waals surface area contributed by atoms with Gasteiger partial charge in [0, 0.05) is 19.2 Å². The molecule has 10 heteroatoms. The summed E-state index contributed by atoms with van der Waals surface area (Å²) in [6, 6.07) is 4.31. The van der Waals surface area contributed by atoms with Gasteiger partial charge in [-0.15, -0.1) is 0 Å². The summed E-state index contributed by atoms with van der Waals surface area (Å²) in [5.74, 6) is 0. The van der Waals surface area contributed by atoms with E-state index in [1.165, 1.54) is 11.9 Å². The molecule has 0 saturated carbocycles. The molecule has 1 saturated heterocycles. The Kier molecular flexibility index (Phi) is 4.09. The number of nitro groups is 1. The second kappa shape index (κ2) is 5.66. The Balaban J connectivity index is 2.01. The minimum absolute atomic E-state index is 0.203. The fraction of sp³-hybridized carbons (Fsp3) is 0.364. The van der Waals surface area contributed by atoms with E-state index in [1.807, 2.05) is 0 Å². The van der Waals surface area contributed by atoms with Gasteiger partial charge in [-0.25, -0.2) is 4.79 Å². The van der Waals surface area contributed by atoms with Crippen LogP contribution in [0.5, 0.6) is 0 Å². The molecule has 0 spiro atoms. The van der Waals surface area contributed by atoms with Crippen LogP contribution in [0.15, 0.2) is 29.2 Å². The summed E-state index contributed by atoms with van der Waals surface area (Å²) in [5.41, 5.74) is -0.222. The number of cyclic esters (lactones) is 1. The second-order valence-electron chi connectivity index (χ2n) is 4.38. The fourth-order valence-electron chi connectivity index (χ4n) is 1.70. The highest BCUT2D eigenvalue weighted by atomic mass is 32.2. The first kappa shape index (κ1) is 15.2. The standard InChI is InChI=1S/C11H12N2O7S/c1-12-6-9(20-11(12)14)7-19-21(17,18)10-4-2-8(3-5-10)13(15)16/h2-5,9H,6-7H2,1H3. The topological polar surface area (TPSA) is 116 Å². The molecule has 0 bridgehead atoms. The van der Waals surface area contributed by atoms with E-state index in [0.717, 1.165) is 24.3 Å². The molecule has 1 amide bonds. The number of nitrogens with zero attached hydrogens (tertiary/aromatic N) is 2. The Morgan fingerprint density at radius 2 is 2.05 bits per heavy atom. The molecular formula is C11H12N2O7S. The quantitative estimate of drug-likeness (QED) is 0.447. The molecule has 2 rings (SSSR count). The molecule has 1 aliphatic rings. The average Bonchev–Trinajstić information content (AvgIpc) is 2.76. The van der Waals surface area contributed by atoms with Crippen LogP contribution in [0.2, 0.25) is 0 Å². The zero-order valence-electron chi connectivity index (χ0n) is 11.0. The number of benzene rings is 1. The van der Waals surface area contributed by atoms with Crippen LogP contribution >= 0.6 is 0 Å². The summed E-state index contributed by atoms with van der Waals surface area (Å²) in [6.45, 7) is -0.0793. The third-order valence-electron chi connectivity index (χ3n) is 2.80. The molecule has 0 radical (unpaired) electrons. The first-order valence-electron chi connectivity index (χ1n) is 5.85. The van der Waals surface area contributed by atoms with Crippen molar-refractivity contribution in [2.75, 3.05) is 20.2 Å². The number of carbonyl (C=O) groups excluding carboxylic acids is 1. The predicted octanol–water partition coefficient (Wildman–Crippen LogP) is 0.751. The van der Waals surface area contributed by atoms with Gasteiger partial charge >= 0.3 is 6.09 Å². The smallest absolute Gasteiger partial charge is 0.410 e. The molecule has 1 unspecified atom stereocenters. The van der Waals surface area contributed by atoms with Crippen LogP contribution < -0.4 is 0 Å². The number of carbonyl (C=O) groups is 1. The van der Waals surface area contributed by atoms with Crippen LogP contribution in [0.25, 0.3) is 0 Å². The maximum Gasteiger partial charge on any atom is 0.410 e. The van der Waals surface area contributed by atoms with E-state index in [2.05, 4.69) is 0 Å². The first-order valence-corrected chi connectivity index (χ1v) is 7.26. The van der Waals surface area contributed by atoms with Crippen LogP contribution in [0, 0.1) is 10.1 Å². The average molecular weight is 316 g/mol. The highest BCUT2D eigenvalue weighted by Crippen LogP contribution is 2.18. The molecule has 1 atom stereocenters. The van der Waals surface area contributed by atoms with Crippen LogP contribution in [-0.2, 0) is 19.0 Å². The summed E-state index contributed by atoms with van der Waals surface area (Å²) in [6.07, 6.45) is -1.22. The Bertz CT molecular complexity index is 656. The van der Waals surface area contributed by atoms with Gasteiger partial charge in [-0.05, 0) is 12.1 Å². The van der Waals surface area contributed by atoms with Gasteiger partial charge in [-0.2, -0.15) is 8.42 Å². The van der Waals surface area contributed by atoms with Gasteiger partial charge in [0.15, 0.2) is 0 Å². The normalized spacial score (nSPS) is 18.6. The second-order valence-corrected chi connectivity index (χ2v) is 5.99. The van der Waals surface area contributed by atoms with Gasteiger partial charge in [0.2, 0.25) is 0 Å². The van der Waals surface area contributed by atoms with E-state index >= 15 is 0 Å². The van der Waals surface area contributed by atoms with E-state index in [-0.39, 0.29) is 23.7 Å². The third kappa shape index (κ3) is 3.47. The predicted molar refractivity (Wildman–Crippen MR) is 69.1 cm³/mol. The van der Waals surface area contributed by atoms with Crippen LogP contribution in [0.1, 0.15) is 0 Å². The molecule has 0 aromatic heterocycles. The van der Waals surface area contributed by atoms with Gasteiger partial charge in [0.25, 0.3) is 15.8 Å². The fourth-order valence-corrected chi connectivity index (χ4v) is 2.64. The van der Waals surface area contributed by atoms with E-state index in [0.29, 0.717) is 0 Å². The number of rotatable bonds is 5. The van der Waals surface area contributed by atoms with Crippen molar-refractivity contribution in [1.82, 2.24) is 4.90 Å². The molecule has 1 aromatic rings. The van der Waals surface area contributed by atoms with Gasteiger partial charge in [-0.1, -0.05) is 0 Å². The van der Waals surface area contributed by atoms with E-state index < -0.39 is 27.2 Å². The molecule has 0 aliphatic carbocycles. The summed E-state index contributed by atoms with van der Waals surface area (Å²) >= 11 is 0. The summed E-state index contributed by atoms with van der Waals surface area (Å²) < 4.78 is 33.4. The third-order valence-corrected chi connectivity index (χ3v) is 4.10. The Morgan fingerprint density at radius 1 is 1.43 bits per heavy atom. The molecule has 21 heavy (non-hydrogen) atoms. The van der Waals surface area contributed by atoms with Crippen LogP contribution in [0.4, 0.5) is 10.5 Å². The lowest BCUT2D eigenvalue weighted by Crippen LogP contribution is -2.23. The molecular weight excluding hydrogens is 304 g/mol. The number of hydrogen-bond donors (Lipinski definition) is 0. The van der Waals surface area contributed by atoms with Crippen molar-refractivity contribution in [3.63, 3.8) is 0 Å². The number of likely N-dealkylation sites (N-methyl/N-ethyl adjacent to an activating group) is 1. The lowest BCUT2D eigenvalue weighted by Gasteiger charge is -2.09. The van der Waals surface area contributed by atoms with Gasteiger partial charge < -0.3 is 9.64 Å². The Morgan fingerprint density at radius 3 is 2.52 bits per heavy atom. The van der Waals surface area contributed by atoms with Crippen molar-refractivity contribution in [2.45, 2.75) is 11.0 Å². The van der Waals surface area contributed by atoms with Crippen molar-refractivity contribution in [1.29, 1.82) is 0 Å². The monoisotopic (exact) mass is 316 g/mol. The largest absolute Gasteiger partial charge is 0.442 e. The molecule has 9 nitrogen and oxygen atoms in total. The maximum absolute atomic E-state index is 11.9. The van der Waals surface area contributed by atoms with Crippen molar-refractivity contribution in [3.05, 3.63) is 34.4 Å². The van der Waals surface area contributed by atoms with E-state index in [1.54, 1.807) is 0 Å². The number of hydrogen-bond acceptors (Lipinski definition) is 7. The summed E-state index contributed by atoms with van der Waals surface area (Å²) in [4.78, 5) is 22.1. The van der Waals surface area contributed by atoms with Gasteiger partial charge in [-0.3, -0.25) is 14.3 Å². The highest BCUT2D eigenvalue weighted by molar-refractivity contribution is 7.86. The number of amides is 1. The highest BCUT2D eigenvalue weighted by Gasteiger charge is 2.30. The van der Waals surface area contributed by atoms with E-state index in [4.69, 9.17) is 8.92 Å².